The molecule has 2 heterocycles. The van der Waals surface area contributed by atoms with Crippen molar-refractivity contribution in [2.75, 3.05) is 7.11 Å². The fourth-order valence-electron chi connectivity index (χ4n) is 4.73. The standard InChI is InChI=1S/C26H24F3NO2S/c1-25(2)18-13-17(33-16-9-7-15(8-10-16)26(27,28)29)11-12-20(18)30-24-19(25)14-32-22-6-4-5-21(31-3)23(22)24/h7-14,21H,4-6H2,1-3H3. The number of rotatable bonds is 3. The molecule has 1 aliphatic carbocycles. The minimum atomic E-state index is -4.33. The summed E-state index contributed by atoms with van der Waals surface area (Å²) in [5, 5.41) is 0. The lowest BCUT2D eigenvalue weighted by Crippen LogP contribution is -2.37. The van der Waals surface area contributed by atoms with E-state index in [9.17, 15) is 13.2 Å². The average molecular weight is 472 g/mol. The van der Waals surface area contributed by atoms with Gasteiger partial charge in [0.05, 0.1) is 29.3 Å². The molecular weight excluding hydrogens is 447 g/mol. The highest BCUT2D eigenvalue weighted by atomic mass is 32.2. The van der Waals surface area contributed by atoms with Crippen LogP contribution in [0.4, 0.5) is 18.9 Å². The van der Waals surface area contributed by atoms with Crippen LogP contribution in [0.5, 0.6) is 0 Å². The molecule has 0 bridgehead atoms. The first-order valence-electron chi connectivity index (χ1n) is 10.9. The van der Waals surface area contributed by atoms with E-state index in [1.165, 1.54) is 23.9 Å². The van der Waals surface area contributed by atoms with E-state index in [1.807, 2.05) is 18.4 Å². The summed E-state index contributed by atoms with van der Waals surface area (Å²) >= 11 is 1.44. The molecule has 0 amide bonds. The van der Waals surface area contributed by atoms with Gasteiger partial charge in [0.2, 0.25) is 0 Å². The van der Waals surface area contributed by atoms with Crippen LogP contribution < -0.4 is 0 Å². The fraction of sp³-hybridized carbons (Fsp3) is 0.346. The molecule has 0 saturated heterocycles. The second-order valence-electron chi connectivity index (χ2n) is 8.99. The number of methoxy groups -OCH3 is 1. The highest BCUT2D eigenvalue weighted by Crippen LogP contribution is 2.49. The van der Waals surface area contributed by atoms with Crippen LogP contribution in [0.3, 0.4) is 0 Å². The Morgan fingerprint density at radius 2 is 1.82 bits per heavy atom. The van der Waals surface area contributed by atoms with Crippen molar-refractivity contribution >= 4 is 23.2 Å². The largest absolute Gasteiger partial charge is 0.468 e. The quantitative estimate of drug-likeness (QED) is 0.462. The zero-order valence-electron chi connectivity index (χ0n) is 18.6. The summed E-state index contributed by atoms with van der Waals surface area (Å²) in [5.74, 6) is 0.948. The van der Waals surface area contributed by atoms with Crippen molar-refractivity contribution in [3.8, 4) is 0 Å². The third-order valence-electron chi connectivity index (χ3n) is 6.57. The molecular formula is C26H24F3NO2S. The third-order valence-corrected chi connectivity index (χ3v) is 7.57. The first-order valence-corrected chi connectivity index (χ1v) is 11.7. The minimum absolute atomic E-state index is 0.0250. The van der Waals surface area contributed by atoms with Crippen LogP contribution in [0.25, 0.3) is 0 Å². The second kappa shape index (κ2) is 8.06. The number of halogens is 3. The van der Waals surface area contributed by atoms with E-state index in [-0.39, 0.29) is 11.5 Å². The van der Waals surface area contributed by atoms with Gasteiger partial charge in [-0.05, 0) is 60.9 Å². The van der Waals surface area contributed by atoms with Crippen LogP contribution in [0, 0.1) is 0 Å². The summed E-state index contributed by atoms with van der Waals surface area (Å²) in [7, 11) is 1.73. The second-order valence-corrected chi connectivity index (χ2v) is 10.1. The van der Waals surface area contributed by atoms with Gasteiger partial charge >= 0.3 is 6.18 Å². The van der Waals surface area contributed by atoms with Gasteiger partial charge in [-0.15, -0.1) is 0 Å². The van der Waals surface area contributed by atoms with Gasteiger partial charge in [-0.2, -0.15) is 13.2 Å². The molecule has 7 heteroatoms. The highest BCUT2D eigenvalue weighted by molar-refractivity contribution is 7.99. The monoisotopic (exact) mass is 471 g/mol. The topological polar surface area (TPSA) is 30.8 Å². The van der Waals surface area contributed by atoms with Gasteiger partial charge in [0.1, 0.15) is 5.76 Å². The molecule has 2 aromatic carbocycles. The normalized spacial score (nSPS) is 21.3. The Balaban J connectivity index is 1.50. The van der Waals surface area contributed by atoms with Gasteiger partial charge in [0.25, 0.3) is 0 Å². The van der Waals surface area contributed by atoms with Gasteiger partial charge in [0, 0.05) is 39.9 Å². The average Bonchev–Trinajstić information content (AvgIpc) is 2.78. The summed E-state index contributed by atoms with van der Waals surface area (Å²) in [6, 6.07) is 11.3. The van der Waals surface area contributed by atoms with E-state index in [4.69, 9.17) is 14.5 Å². The molecule has 0 N–H and O–H groups in total. The third kappa shape index (κ3) is 3.91. The summed E-state index contributed by atoms with van der Waals surface area (Å²) in [5.41, 5.74) is 4.00. The Labute approximate surface area is 195 Å². The molecule has 0 spiro atoms. The van der Waals surface area contributed by atoms with Crippen molar-refractivity contribution in [3.63, 3.8) is 0 Å². The van der Waals surface area contributed by atoms with E-state index < -0.39 is 11.7 Å². The molecule has 0 saturated carbocycles. The molecule has 1 atom stereocenters. The molecule has 0 radical (unpaired) electrons. The fourth-order valence-corrected chi connectivity index (χ4v) is 5.59. The predicted molar refractivity (Wildman–Crippen MR) is 123 cm³/mol. The minimum Gasteiger partial charge on any atom is -0.468 e. The summed E-state index contributed by atoms with van der Waals surface area (Å²) in [6.45, 7) is 4.30. The predicted octanol–water partition coefficient (Wildman–Crippen LogP) is 7.59. The van der Waals surface area contributed by atoms with Gasteiger partial charge in [-0.1, -0.05) is 25.6 Å². The van der Waals surface area contributed by atoms with Crippen molar-refractivity contribution in [1.82, 2.24) is 0 Å². The van der Waals surface area contributed by atoms with Crippen molar-refractivity contribution in [2.24, 2.45) is 4.99 Å². The molecule has 2 aromatic rings. The zero-order chi connectivity index (χ0) is 23.4. The van der Waals surface area contributed by atoms with Gasteiger partial charge in [-0.25, -0.2) is 4.99 Å². The van der Waals surface area contributed by atoms with Crippen LogP contribution in [0.1, 0.15) is 44.2 Å². The lowest BCUT2D eigenvalue weighted by atomic mass is 9.70. The van der Waals surface area contributed by atoms with Crippen molar-refractivity contribution in [3.05, 3.63) is 76.8 Å². The van der Waals surface area contributed by atoms with E-state index in [1.54, 1.807) is 7.11 Å². The Bertz CT molecular complexity index is 1190. The van der Waals surface area contributed by atoms with Crippen molar-refractivity contribution in [2.45, 2.75) is 60.6 Å². The number of aliphatic imine (C=N–C) groups is 1. The number of alkyl halides is 3. The maximum Gasteiger partial charge on any atom is 0.416 e. The number of benzene rings is 2. The number of ether oxygens (including phenoxy) is 2. The van der Waals surface area contributed by atoms with E-state index >= 15 is 0 Å². The maximum absolute atomic E-state index is 12.9. The number of fused-ring (bicyclic) bond motifs is 3. The molecule has 3 nitrogen and oxygen atoms in total. The summed E-state index contributed by atoms with van der Waals surface area (Å²) in [6.07, 6.45) is 0.324. The lowest BCUT2D eigenvalue weighted by Gasteiger charge is -2.40. The van der Waals surface area contributed by atoms with Gasteiger partial charge in [0.15, 0.2) is 0 Å². The SMILES string of the molecule is COC1CCCC2=C1C1=Nc3ccc(Sc4ccc(C(F)(F)F)cc4)cc3C(C)(C)C1=CO2. The Kier molecular flexibility index (Phi) is 5.45. The van der Waals surface area contributed by atoms with E-state index in [0.29, 0.717) is 0 Å². The molecule has 0 fully saturated rings. The number of hydrogen-bond donors (Lipinski definition) is 0. The van der Waals surface area contributed by atoms with Crippen LogP contribution in [0.2, 0.25) is 0 Å². The molecule has 1 unspecified atom stereocenters. The van der Waals surface area contributed by atoms with Crippen LogP contribution >= 0.6 is 11.8 Å². The highest BCUT2D eigenvalue weighted by Gasteiger charge is 2.42. The van der Waals surface area contributed by atoms with E-state index in [0.717, 1.165) is 75.1 Å². The Hall–Kier alpha value is -2.51. The smallest absolute Gasteiger partial charge is 0.416 e. The number of hydrogen-bond acceptors (Lipinski definition) is 4. The lowest BCUT2D eigenvalue weighted by molar-refractivity contribution is -0.137. The first kappa shape index (κ1) is 22.3. The number of allylic oxidation sites excluding steroid dienone is 2. The van der Waals surface area contributed by atoms with Crippen LogP contribution in [0.15, 0.2) is 80.4 Å². The van der Waals surface area contributed by atoms with Crippen molar-refractivity contribution in [1.29, 1.82) is 0 Å². The van der Waals surface area contributed by atoms with Crippen LogP contribution in [-0.4, -0.2) is 18.9 Å². The molecule has 3 aliphatic rings. The summed E-state index contributed by atoms with van der Waals surface area (Å²) < 4.78 is 50.4. The van der Waals surface area contributed by atoms with Crippen molar-refractivity contribution < 1.29 is 22.6 Å². The molecule has 172 valence electrons. The molecule has 5 rings (SSSR count). The van der Waals surface area contributed by atoms with E-state index in [2.05, 4.69) is 19.9 Å². The van der Waals surface area contributed by atoms with Gasteiger partial charge < -0.3 is 9.47 Å². The van der Waals surface area contributed by atoms with Crippen LogP contribution in [-0.2, 0) is 21.1 Å². The Morgan fingerprint density at radius 3 is 2.52 bits per heavy atom. The summed E-state index contributed by atoms with van der Waals surface area (Å²) in [4.78, 5) is 6.73. The molecule has 2 aliphatic heterocycles. The number of nitrogens with zero attached hydrogens (tertiary/aromatic N) is 1. The van der Waals surface area contributed by atoms with Gasteiger partial charge in [-0.3, -0.25) is 0 Å². The molecule has 33 heavy (non-hydrogen) atoms. The molecule has 0 aromatic heterocycles. The Morgan fingerprint density at radius 1 is 1.09 bits per heavy atom. The first-order chi connectivity index (χ1) is 15.7. The zero-order valence-corrected chi connectivity index (χ0v) is 19.4. The maximum atomic E-state index is 12.9.